The summed E-state index contributed by atoms with van der Waals surface area (Å²) in [5, 5.41) is 0. The second kappa shape index (κ2) is 5.16. The molecule has 1 aliphatic rings. The van der Waals surface area contributed by atoms with Gasteiger partial charge in [0.05, 0.1) is 0 Å². The zero-order valence-electron chi connectivity index (χ0n) is 10.7. The Morgan fingerprint density at radius 3 is 1.55 bits per heavy atom. The SMILES string of the molecule is O=c1ccnc(N2CCN(c3nccc(=O)[nH]3)CC2)[nH]1. The molecule has 0 amide bonds. The van der Waals surface area contributed by atoms with Crippen LogP contribution in [0.1, 0.15) is 0 Å². The van der Waals surface area contributed by atoms with Gasteiger partial charge in [0, 0.05) is 50.7 Å². The fourth-order valence-corrected chi connectivity index (χ4v) is 2.17. The van der Waals surface area contributed by atoms with Crippen molar-refractivity contribution in [1.29, 1.82) is 0 Å². The molecule has 3 rings (SSSR count). The lowest BCUT2D eigenvalue weighted by molar-refractivity contribution is 0.626. The van der Waals surface area contributed by atoms with E-state index in [-0.39, 0.29) is 11.1 Å². The van der Waals surface area contributed by atoms with Gasteiger partial charge in [-0.2, -0.15) is 0 Å². The van der Waals surface area contributed by atoms with Crippen molar-refractivity contribution in [1.82, 2.24) is 19.9 Å². The molecule has 0 bridgehead atoms. The minimum atomic E-state index is -0.161. The van der Waals surface area contributed by atoms with Crippen molar-refractivity contribution >= 4 is 11.9 Å². The Labute approximate surface area is 114 Å². The second-order valence-corrected chi connectivity index (χ2v) is 4.49. The molecule has 1 fully saturated rings. The molecular weight excluding hydrogens is 260 g/mol. The van der Waals surface area contributed by atoms with E-state index in [0.717, 1.165) is 0 Å². The third-order valence-electron chi connectivity index (χ3n) is 3.19. The minimum Gasteiger partial charge on any atom is -0.339 e. The second-order valence-electron chi connectivity index (χ2n) is 4.49. The quantitative estimate of drug-likeness (QED) is 0.742. The molecule has 0 spiro atoms. The normalized spacial score (nSPS) is 15.4. The van der Waals surface area contributed by atoms with Gasteiger partial charge in [0.2, 0.25) is 11.9 Å². The van der Waals surface area contributed by atoms with Crippen molar-refractivity contribution in [3.8, 4) is 0 Å². The number of anilines is 2. The number of nitrogens with one attached hydrogen (secondary N) is 2. The maximum Gasteiger partial charge on any atom is 0.252 e. The predicted molar refractivity (Wildman–Crippen MR) is 74.1 cm³/mol. The van der Waals surface area contributed by atoms with Crippen LogP contribution in [0.25, 0.3) is 0 Å². The van der Waals surface area contributed by atoms with Crippen molar-refractivity contribution < 1.29 is 0 Å². The maximum atomic E-state index is 11.3. The number of nitrogens with zero attached hydrogens (tertiary/aromatic N) is 4. The fraction of sp³-hybridized carbons (Fsp3) is 0.333. The van der Waals surface area contributed by atoms with E-state index in [1.165, 1.54) is 24.5 Å². The van der Waals surface area contributed by atoms with E-state index in [0.29, 0.717) is 38.1 Å². The lowest BCUT2D eigenvalue weighted by atomic mass is 10.3. The van der Waals surface area contributed by atoms with E-state index in [4.69, 9.17) is 0 Å². The summed E-state index contributed by atoms with van der Waals surface area (Å²) in [5.41, 5.74) is -0.321. The smallest absolute Gasteiger partial charge is 0.252 e. The van der Waals surface area contributed by atoms with E-state index in [2.05, 4.69) is 19.9 Å². The first-order chi connectivity index (χ1) is 9.72. The van der Waals surface area contributed by atoms with Crippen LogP contribution in [-0.2, 0) is 0 Å². The van der Waals surface area contributed by atoms with Crippen molar-refractivity contribution in [2.45, 2.75) is 0 Å². The van der Waals surface area contributed by atoms with Crippen LogP contribution in [-0.4, -0.2) is 46.1 Å². The highest BCUT2D eigenvalue weighted by Crippen LogP contribution is 2.12. The molecule has 0 atom stereocenters. The molecule has 0 aromatic carbocycles. The number of H-pyrrole nitrogens is 2. The van der Waals surface area contributed by atoms with Crippen molar-refractivity contribution in [2.75, 3.05) is 36.0 Å². The highest BCUT2D eigenvalue weighted by molar-refractivity contribution is 5.36. The van der Waals surface area contributed by atoms with Crippen LogP contribution < -0.4 is 20.9 Å². The number of rotatable bonds is 2. The monoisotopic (exact) mass is 274 g/mol. The van der Waals surface area contributed by atoms with Crippen molar-refractivity contribution in [2.24, 2.45) is 0 Å². The van der Waals surface area contributed by atoms with E-state index < -0.39 is 0 Å². The Hall–Kier alpha value is -2.64. The zero-order chi connectivity index (χ0) is 13.9. The first kappa shape index (κ1) is 12.4. The summed E-state index contributed by atoms with van der Waals surface area (Å²) >= 11 is 0. The van der Waals surface area contributed by atoms with Crippen LogP contribution in [0, 0.1) is 0 Å². The van der Waals surface area contributed by atoms with Gasteiger partial charge >= 0.3 is 0 Å². The van der Waals surface area contributed by atoms with Gasteiger partial charge in [-0.05, 0) is 0 Å². The number of aromatic amines is 2. The molecule has 3 heterocycles. The summed E-state index contributed by atoms with van der Waals surface area (Å²) < 4.78 is 0. The Balaban J connectivity index is 1.71. The number of aromatic nitrogens is 4. The van der Waals surface area contributed by atoms with Gasteiger partial charge in [-0.25, -0.2) is 9.97 Å². The molecule has 104 valence electrons. The average molecular weight is 274 g/mol. The van der Waals surface area contributed by atoms with Gasteiger partial charge in [0.1, 0.15) is 0 Å². The van der Waals surface area contributed by atoms with E-state index in [9.17, 15) is 9.59 Å². The highest BCUT2D eigenvalue weighted by atomic mass is 16.1. The molecule has 2 aromatic rings. The van der Waals surface area contributed by atoms with Gasteiger partial charge in [-0.15, -0.1) is 0 Å². The third kappa shape index (κ3) is 2.53. The molecule has 8 nitrogen and oxygen atoms in total. The molecule has 1 saturated heterocycles. The van der Waals surface area contributed by atoms with E-state index in [1.807, 2.05) is 9.80 Å². The first-order valence-electron chi connectivity index (χ1n) is 6.33. The number of hydrogen-bond acceptors (Lipinski definition) is 6. The number of piperazine rings is 1. The number of hydrogen-bond donors (Lipinski definition) is 2. The highest BCUT2D eigenvalue weighted by Gasteiger charge is 2.19. The fourth-order valence-electron chi connectivity index (χ4n) is 2.17. The van der Waals surface area contributed by atoms with E-state index in [1.54, 1.807) is 0 Å². The van der Waals surface area contributed by atoms with Crippen LogP contribution >= 0.6 is 0 Å². The van der Waals surface area contributed by atoms with Gasteiger partial charge in [0.25, 0.3) is 11.1 Å². The largest absolute Gasteiger partial charge is 0.339 e. The lowest BCUT2D eigenvalue weighted by Gasteiger charge is -2.34. The minimum absolute atomic E-state index is 0.161. The summed E-state index contributed by atoms with van der Waals surface area (Å²) in [6.07, 6.45) is 2.99. The van der Waals surface area contributed by atoms with Crippen molar-refractivity contribution in [3.63, 3.8) is 0 Å². The van der Waals surface area contributed by atoms with Crippen LogP contribution in [0.2, 0.25) is 0 Å². The molecule has 8 heteroatoms. The third-order valence-corrected chi connectivity index (χ3v) is 3.19. The van der Waals surface area contributed by atoms with Crippen LogP contribution in [0.3, 0.4) is 0 Å². The molecule has 20 heavy (non-hydrogen) atoms. The molecular formula is C12H14N6O2. The lowest BCUT2D eigenvalue weighted by Crippen LogP contribution is -2.48. The Morgan fingerprint density at radius 2 is 1.20 bits per heavy atom. The summed E-state index contributed by atoms with van der Waals surface area (Å²) in [7, 11) is 0. The molecule has 0 radical (unpaired) electrons. The molecule has 0 unspecified atom stereocenters. The van der Waals surface area contributed by atoms with E-state index >= 15 is 0 Å². The Kier molecular flexibility index (Phi) is 3.20. The standard InChI is InChI=1S/C12H14N6O2/c19-9-1-3-13-11(15-9)17-5-7-18(8-6-17)12-14-4-2-10(20)16-12/h1-4H,5-8H2,(H,13,15,19)(H,14,16,20). The van der Waals surface area contributed by atoms with Crippen LogP contribution in [0.5, 0.6) is 0 Å². The molecule has 1 aliphatic heterocycles. The summed E-state index contributed by atoms with van der Waals surface area (Å²) in [6.45, 7) is 2.80. The molecule has 2 aromatic heterocycles. The van der Waals surface area contributed by atoms with Crippen molar-refractivity contribution in [3.05, 3.63) is 45.2 Å². The Morgan fingerprint density at radius 1 is 0.800 bits per heavy atom. The van der Waals surface area contributed by atoms with Crippen LogP contribution in [0.4, 0.5) is 11.9 Å². The topological polar surface area (TPSA) is 98.0 Å². The molecule has 0 saturated carbocycles. The van der Waals surface area contributed by atoms with Gasteiger partial charge in [-0.3, -0.25) is 19.6 Å². The maximum absolute atomic E-state index is 11.3. The molecule has 0 aliphatic carbocycles. The predicted octanol–water partition coefficient (Wildman–Crippen LogP) is -0.820. The van der Waals surface area contributed by atoms with Gasteiger partial charge in [0.15, 0.2) is 0 Å². The average Bonchev–Trinajstić information content (AvgIpc) is 2.47. The van der Waals surface area contributed by atoms with Gasteiger partial charge in [-0.1, -0.05) is 0 Å². The van der Waals surface area contributed by atoms with Crippen LogP contribution in [0.15, 0.2) is 34.1 Å². The summed E-state index contributed by atoms with van der Waals surface area (Å²) in [4.78, 5) is 40.3. The summed E-state index contributed by atoms with van der Waals surface area (Å²) in [6, 6.07) is 2.77. The molecule has 2 N–H and O–H groups in total. The zero-order valence-corrected chi connectivity index (χ0v) is 10.7. The first-order valence-corrected chi connectivity index (χ1v) is 6.33. The Bertz CT molecular complexity index is 640. The van der Waals surface area contributed by atoms with Gasteiger partial charge < -0.3 is 9.80 Å². The summed E-state index contributed by atoms with van der Waals surface area (Å²) in [5.74, 6) is 1.15.